The molecule has 1 saturated carbocycles. The van der Waals surface area contributed by atoms with Gasteiger partial charge in [-0.1, -0.05) is 12.8 Å². The molecule has 2 heterocycles. The van der Waals surface area contributed by atoms with Gasteiger partial charge in [-0.2, -0.15) is 0 Å². The fourth-order valence-electron chi connectivity index (χ4n) is 2.65. The van der Waals surface area contributed by atoms with Crippen molar-refractivity contribution in [1.29, 1.82) is 0 Å². The number of aryl methyl sites for hydroxylation is 1. The first kappa shape index (κ1) is 12.1. The number of rotatable bonds is 2. The summed E-state index contributed by atoms with van der Waals surface area (Å²) in [5.74, 6) is 1.78. The van der Waals surface area contributed by atoms with Crippen LogP contribution in [-0.4, -0.2) is 15.0 Å². The van der Waals surface area contributed by atoms with Crippen molar-refractivity contribution in [2.24, 2.45) is 0 Å². The van der Waals surface area contributed by atoms with Gasteiger partial charge in [0, 0.05) is 35.1 Å². The Morgan fingerprint density at radius 1 is 1.16 bits per heavy atom. The second-order valence-corrected chi connectivity index (χ2v) is 5.21. The van der Waals surface area contributed by atoms with Crippen LogP contribution < -0.4 is 5.73 Å². The molecular formula is C15H18N4. The Bertz CT molecular complexity index is 571. The number of nitrogen functional groups attached to an aromatic ring is 1. The lowest BCUT2D eigenvalue weighted by Gasteiger charge is -2.11. The molecule has 0 bridgehead atoms. The second-order valence-electron chi connectivity index (χ2n) is 5.21. The van der Waals surface area contributed by atoms with Crippen molar-refractivity contribution in [3.8, 4) is 11.4 Å². The van der Waals surface area contributed by atoms with Gasteiger partial charge in [0.2, 0.25) is 0 Å². The molecule has 0 spiro atoms. The standard InChI is InChI=1S/C15H18N4/c1-10-6-7-12(9-17-10)15-18-13(8-14(16)19-15)11-4-2-3-5-11/h6-9,11H,2-5H2,1H3,(H2,16,18,19). The van der Waals surface area contributed by atoms with Crippen molar-refractivity contribution in [2.45, 2.75) is 38.5 Å². The van der Waals surface area contributed by atoms with Crippen molar-refractivity contribution in [3.05, 3.63) is 35.8 Å². The Labute approximate surface area is 113 Å². The molecule has 3 rings (SSSR count). The van der Waals surface area contributed by atoms with Crippen LogP contribution in [0.15, 0.2) is 24.4 Å². The third-order valence-corrected chi connectivity index (χ3v) is 3.71. The molecule has 4 nitrogen and oxygen atoms in total. The fourth-order valence-corrected chi connectivity index (χ4v) is 2.65. The third-order valence-electron chi connectivity index (χ3n) is 3.71. The van der Waals surface area contributed by atoms with Gasteiger partial charge < -0.3 is 5.73 Å². The molecule has 98 valence electrons. The molecule has 19 heavy (non-hydrogen) atoms. The van der Waals surface area contributed by atoms with E-state index in [1.807, 2.05) is 31.3 Å². The summed E-state index contributed by atoms with van der Waals surface area (Å²) in [4.78, 5) is 13.3. The van der Waals surface area contributed by atoms with E-state index >= 15 is 0 Å². The zero-order valence-corrected chi connectivity index (χ0v) is 11.1. The molecule has 0 aromatic carbocycles. The van der Waals surface area contributed by atoms with Gasteiger partial charge in [0.15, 0.2) is 5.82 Å². The quantitative estimate of drug-likeness (QED) is 0.894. The summed E-state index contributed by atoms with van der Waals surface area (Å²) < 4.78 is 0. The minimum absolute atomic E-state index is 0.544. The summed E-state index contributed by atoms with van der Waals surface area (Å²) in [6, 6.07) is 5.88. The number of pyridine rings is 1. The van der Waals surface area contributed by atoms with Crippen LogP contribution in [0.25, 0.3) is 11.4 Å². The molecule has 1 aliphatic carbocycles. The number of nitrogens with two attached hydrogens (primary N) is 1. The van der Waals surface area contributed by atoms with E-state index in [4.69, 9.17) is 5.73 Å². The number of hydrogen-bond donors (Lipinski definition) is 1. The maximum Gasteiger partial charge on any atom is 0.163 e. The van der Waals surface area contributed by atoms with Crippen molar-refractivity contribution in [2.75, 3.05) is 5.73 Å². The molecule has 4 heteroatoms. The Balaban J connectivity index is 1.99. The largest absolute Gasteiger partial charge is 0.384 e. The molecular weight excluding hydrogens is 236 g/mol. The van der Waals surface area contributed by atoms with Crippen LogP contribution in [0.5, 0.6) is 0 Å². The highest BCUT2D eigenvalue weighted by Gasteiger charge is 2.19. The highest BCUT2D eigenvalue weighted by Crippen LogP contribution is 2.34. The van der Waals surface area contributed by atoms with Gasteiger partial charge in [0.25, 0.3) is 0 Å². The third kappa shape index (κ3) is 2.57. The molecule has 0 unspecified atom stereocenters. The summed E-state index contributed by atoms with van der Waals surface area (Å²) in [5.41, 5.74) is 8.92. The zero-order valence-electron chi connectivity index (χ0n) is 11.1. The fraction of sp³-hybridized carbons (Fsp3) is 0.400. The van der Waals surface area contributed by atoms with Crippen LogP contribution >= 0.6 is 0 Å². The summed E-state index contributed by atoms with van der Waals surface area (Å²) in [7, 11) is 0. The first-order chi connectivity index (χ1) is 9.22. The first-order valence-corrected chi connectivity index (χ1v) is 6.80. The van der Waals surface area contributed by atoms with Crippen LogP contribution in [-0.2, 0) is 0 Å². The maximum atomic E-state index is 5.92. The van der Waals surface area contributed by atoms with E-state index in [1.54, 1.807) is 0 Å². The Morgan fingerprint density at radius 3 is 2.63 bits per heavy atom. The lowest BCUT2D eigenvalue weighted by atomic mass is 10.0. The van der Waals surface area contributed by atoms with E-state index in [2.05, 4.69) is 15.0 Å². The molecule has 0 atom stereocenters. The Morgan fingerprint density at radius 2 is 1.95 bits per heavy atom. The average molecular weight is 254 g/mol. The van der Waals surface area contributed by atoms with E-state index in [-0.39, 0.29) is 0 Å². The summed E-state index contributed by atoms with van der Waals surface area (Å²) in [6.07, 6.45) is 6.80. The normalized spacial score (nSPS) is 15.8. The molecule has 0 saturated heterocycles. The molecule has 1 aliphatic rings. The number of hydrogen-bond acceptors (Lipinski definition) is 4. The van der Waals surface area contributed by atoms with E-state index in [0.29, 0.717) is 17.6 Å². The number of aromatic nitrogens is 3. The van der Waals surface area contributed by atoms with E-state index in [0.717, 1.165) is 17.0 Å². The predicted octanol–water partition coefficient (Wildman–Crippen LogP) is 3.09. The van der Waals surface area contributed by atoms with Crippen molar-refractivity contribution in [1.82, 2.24) is 15.0 Å². The molecule has 0 radical (unpaired) electrons. The van der Waals surface area contributed by atoms with E-state index < -0.39 is 0 Å². The van der Waals surface area contributed by atoms with Crippen LogP contribution in [0.4, 0.5) is 5.82 Å². The number of nitrogens with zero attached hydrogens (tertiary/aromatic N) is 3. The Hall–Kier alpha value is -1.97. The van der Waals surface area contributed by atoms with Gasteiger partial charge in [-0.3, -0.25) is 4.98 Å². The predicted molar refractivity (Wildman–Crippen MR) is 75.6 cm³/mol. The second kappa shape index (κ2) is 4.96. The molecule has 0 aliphatic heterocycles. The lowest BCUT2D eigenvalue weighted by Crippen LogP contribution is -2.03. The van der Waals surface area contributed by atoms with Crippen molar-refractivity contribution in [3.63, 3.8) is 0 Å². The molecule has 2 aromatic rings. The van der Waals surface area contributed by atoms with Crippen LogP contribution in [0.2, 0.25) is 0 Å². The van der Waals surface area contributed by atoms with Crippen molar-refractivity contribution < 1.29 is 0 Å². The highest BCUT2D eigenvalue weighted by molar-refractivity contribution is 5.56. The summed E-state index contributed by atoms with van der Waals surface area (Å²) in [6.45, 7) is 1.97. The van der Waals surface area contributed by atoms with Crippen LogP contribution in [0, 0.1) is 6.92 Å². The highest BCUT2D eigenvalue weighted by atomic mass is 15.0. The summed E-state index contributed by atoms with van der Waals surface area (Å²) >= 11 is 0. The van der Waals surface area contributed by atoms with Gasteiger partial charge in [0.1, 0.15) is 5.82 Å². The van der Waals surface area contributed by atoms with Gasteiger partial charge in [-0.15, -0.1) is 0 Å². The topological polar surface area (TPSA) is 64.7 Å². The van der Waals surface area contributed by atoms with Gasteiger partial charge in [-0.25, -0.2) is 9.97 Å². The first-order valence-electron chi connectivity index (χ1n) is 6.80. The van der Waals surface area contributed by atoms with Crippen LogP contribution in [0.3, 0.4) is 0 Å². The molecule has 1 fully saturated rings. The van der Waals surface area contributed by atoms with Gasteiger partial charge >= 0.3 is 0 Å². The zero-order chi connectivity index (χ0) is 13.2. The van der Waals surface area contributed by atoms with Crippen LogP contribution in [0.1, 0.15) is 43.0 Å². The lowest BCUT2D eigenvalue weighted by molar-refractivity contribution is 0.696. The Kier molecular flexibility index (Phi) is 3.15. The van der Waals surface area contributed by atoms with Crippen molar-refractivity contribution >= 4 is 5.82 Å². The number of anilines is 1. The monoisotopic (exact) mass is 254 g/mol. The summed E-state index contributed by atoms with van der Waals surface area (Å²) in [5, 5.41) is 0. The SMILES string of the molecule is Cc1ccc(-c2nc(N)cc(C3CCCC3)n2)cn1. The van der Waals surface area contributed by atoms with E-state index in [9.17, 15) is 0 Å². The minimum Gasteiger partial charge on any atom is -0.384 e. The minimum atomic E-state index is 0.544. The molecule has 2 N–H and O–H groups in total. The van der Waals surface area contributed by atoms with E-state index in [1.165, 1.54) is 25.7 Å². The average Bonchev–Trinajstić information content (AvgIpc) is 2.93. The molecule has 2 aromatic heterocycles. The smallest absolute Gasteiger partial charge is 0.163 e. The molecule has 0 amide bonds. The van der Waals surface area contributed by atoms with Gasteiger partial charge in [-0.05, 0) is 31.9 Å². The van der Waals surface area contributed by atoms with Gasteiger partial charge in [0.05, 0.1) is 0 Å². The maximum absolute atomic E-state index is 5.92.